The van der Waals surface area contributed by atoms with Crippen molar-refractivity contribution < 1.29 is 0 Å². The van der Waals surface area contributed by atoms with Crippen LogP contribution in [0.2, 0.25) is 0 Å². The van der Waals surface area contributed by atoms with Crippen molar-refractivity contribution in [3.63, 3.8) is 0 Å². The zero-order valence-corrected chi connectivity index (χ0v) is 67.5. The Morgan fingerprint density at radius 2 is 0.696 bits per heavy atom. The molecule has 2 aromatic carbocycles. The SMILES string of the molecule is [C-]#[N+]\C(C#N)=c1/c(=c2/c(=C(\C#N)[N+]#[C-])c3ccc(C)cc3n2CCCCCCCCCCCC)n(CCCCCCCCCCCC)c2cc(-c3cc(CCCCCCCCCCCCCC)c(-c4ccc(-c5cc(CCCCCCCCCCCCCC)c(-c6ccc(C)s6)s5)s4)s3)ccc12. The van der Waals surface area contributed by atoms with Crippen LogP contribution in [-0.4, -0.2) is 9.13 Å². The van der Waals surface area contributed by atoms with Crippen molar-refractivity contribution in [3.8, 4) is 51.8 Å². The molecule has 548 valence electrons. The Kier molecular flexibility index (Phi) is 37.5. The molecule has 0 atom stereocenters. The van der Waals surface area contributed by atoms with Crippen LogP contribution in [0.5, 0.6) is 0 Å². The summed E-state index contributed by atoms with van der Waals surface area (Å²) in [5.74, 6) is 0. The van der Waals surface area contributed by atoms with Gasteiger partial charge in [0.25, 0.3) is 11.4 Å². The quantitative estimate of drug-likeness (QED) is 0.0282. The summed E-state index contributed by atoms with van der Waals surface area (Å²) in [6.07, 6.45) is 58.7. The van der Waals surface area contributed by atoms with Crippen LogP contribution in [0, 0.1) is 60.4 Å². The number of thiophene rings is 4. The van der Waals surface area contributed by atoms with Gasteiger partial charge < -0.3 is 9.13 Å². The van der Waals surface area contributed by atoms with E-state index < -0.39 is 0 Å². The summed E-state index contributed by atoms with van der Waals surface area (Å²) in [6.45, 7) is 32.2. The minimum absolute atomic E-state index is 0.0419. The summed E-state index contributed by atoms with van der Waals surface area (Å²) in [5.41, 5.74) is 7.25. The van der Waals surface area contributed by atoms with Gasteiger partial charge in [0, 0.05) is 73.6 Å². The first kappa shape index (κ1) is 81.7. The van der Waals surface area contributed by atoms with Gasteiger partial charge in [-0.1, -0.05) is 309 Å². The highest BCUT2D eigenvalue weighted by Crippen LogP contribution is 2.48. The monoisotopic (exact) mass is 1440 g/mol. The standard InChI is InChI=1S/C92H126N6S4/c1-9-13-17-21-25-29-33-35-37-41-45-49-53-74-67-85(101-92(74)84-62-61-82(100-84)86-68-75(91(102-86)83-60-56-72(6)99-83)54-50-46-42-38-36-34-30-26-22-18-14-10-2)73-57-59-77-81(66-73)98(64-52-48-44-40-32-28-24-20-16-12-4)90(88(77)79(70-94)96-8)89-87(78(69-93)95-7)76-58-55-71(5)65-80(76)97(89)63-51-47-43-39-31-27-23-19-15-11-3/h55-62,65-68H,9-54,63-64H2,1-6H3/b87-78+,88-79-,90-89+. The van der Waals surface area contributed by atoms with Gasteiger partial charge in [0.15, 0.2) is 0 Å². The van der Waals surface area contributed by atoms with Crippen molar-refractivity contribution in [1.29, 1.82) is 10.5 Å². The second-order valence-electron chi connectivity index (χ2n) is 29.8. The number of hydrogen-bond donors (Lipinski definition) is 0. The Hall–Kier alpha value is -5.98. The van der Waals surface area contributed by atoms with Gasteiger partial charge in [0.1, 0.15) is 0 Å². The molecule has 0 radical (unpaired) electrons. The van der Waals surface area contributed by atoms with Gasteiger partial charge in [-0.2, -0.15) is 0 Å². The number of fused-ring (bicyclic) bond motifs is 2. The maximum absolute atomic E-state index is 11.2. The number of hydrogen-bond acceptors (Lipinski definition) is 6. The first-order valence-corrected chi connectivity index (χ1v) is 44.5. The first-order valence-electron chi connectivity index (χ1n) is 41.2. The molecular weight excluding hydrogens is 1320 g/mol. The van der Waals surface area contributed by atoms with Crippen LogP contribution in [0.4, 0.5) is 0 Å². The van der Waals surface area contributed by atoms with Gasteiger partial charge in [-0.05, 0) is 134 Å². The Morgan fingerprint density at radius 3 is 1.09 bits per heavy atom. The zero-order chi connectivity index (χ0) is 71.9. The van der Waals surface area contributed by atoms with Gasteiger partial charge in [-0.25, -0.2) is 20.2 Å². The lowest BCUT2D eigenvalue weighted by Gasteiger charge is -2.11. The molecular formula is C92H126N6S4. The summed E-state index contributed by atoms with van der Waals surface area (Å²) < 4.78 is 4.80. The van der Waals surface area contributed by atoms with Crippen molar-refractivity contribution in [2.24, 2.45) is 0 Å². The maximum Gasteiger partial charge on any atom is 0.271 e. The molecule has 10 heteroatoms. The van der Waals surface area contributed by atoms with Crippen LogP contribution in [-0.2, 0) is 25.9 Å². The molecule has 8 aromatic rings. The molecule has 0 saturated carbocycles. The van der Waals surface area contributed by atoms with Gasteiger partial charge in [0.2, 0.25) is 0 Å². The molecule has 0 aliphatic rings. The van der Waals surface area contributed by atoms with Crippen LogP contribution in [0.15, 0.2) is 72.8 Å². The van der Waals surface area contributed by atoms with E-state index in [1.165, 1.54) is 288 Å². The molecule has 0 aliphatic heterocycles. The number of unbranched alkanes of at least 4 members (excludes halogenated alkanes) is 40. The number of aryl methyl sites for hydroxylation is 6. The Bertz CT molecular complexity index is 4170. The molecule has 8 rings (SSSR count). The largest absolute Gasteiger partial charge is 0.340 e. The fraction of sp³-hybridized carbons (Fsp3) is 0.587. The molecule has 102 heavy (non-hydrogen) atoms. The number of benzene rings is 2. The normalized spacial score (nSPS) is 12.6. The lowest BCUT2D eigenvalue weighted by atomic mass is 10.0. The Labute approximate surface area is 633 Å². The highest BCUT2D eigenvalue weighted by Gasteiger charge is 2.23. The summed E-state index contributed by atoms with van der Waals surface area (Å²) in [4.78, 5) is 19.0. The average Bonchev–Trinajstić information content (AvgIpc) is 1.56. The van der Waals surface area contributed by atoms with Gasteiger partial charge in [-0.3, -0.25) is 0 Å². The van der Waals surface area contributed by atoms with E-state index in [1.54, 1.807) is 0 Å². The average molecular weight is 1440 g/mol. The Balaban J connectivity index is 1.20. The number of aromatic nitrogens is 2. The highest BCUT2D eigenvalue weighted by atomic mass is 32.1. The fourth-order valence-electron chi connectivity index (χ4n) is 15.6. The number of rotatable bonds is 52. The third-order valence-electron chi connectivity index (χ3n) is 21.4. The molecule has 0 unspecified atom stereocenters. The summed E-state index contributed by atoms with van der Waals surface area (Å²) in [6, 6.07) is 32.5. The van der Waals surface area contributed by atoms with E-state index in [0.29, 0.717) is 23.5 Å². The summed E-state index contributed by atoms with van der Waals surface area (Å²) in [7, 11) is 0. The molecule has 0 fully saturated rings. The predicted octanol–water partition coefficient (Wildman–Crippen LogP) is 29.8. The van der Waals surface area contributed by atoms with E-state index >= 15 is 0 Å². The number of nitriles is 2. The topological polar surface area (TPSA) is 66.2 Å². The van der Waals surface area contributed by atoms with Crippen molar-refractivity contribution >= 4 is 78.5 Å². The smallest absolute Gasteiger partial charge is 0.271 e. The molecule has 6 heterocycles. The van der Waals surface area contributed by atoms with Gasteiger partial charge in [-0.15, -0.1) is 45.3 Å². The van der Waals surface area contributed by atoms with Crippen molar-refractivity contribution in [2.75, 3.05) is 0 Å². The predicted molar refractivity (Wildman–Crippen MR) is 448 cm³/mol. The van der Waals surface area contributed by atoms with Crippen LogP contribution < -0.4 is 10.4 Å². The van der Waals surface area contributed by atoms with Crippen LogP contribution in [0.3, 0.4) is 0 Å². The molecule has 0 saturated heterocycles. The van der Waals surface area contributed by atoms with E-state index in [1.807, 2.05) is 45.3 Å². The highest BCUT2D eigenvalue weighted by molar-refractivity contribution is 7.29. The minimum Gasteiger partial charge on any atom is -0.340 e. The van der Waals surface area contributed by atoms with Gasteiger partial charge in [0.05, 0.1) is 36.0 Å². The molecule has 6 nitrogen and oxygen atoms in total. The minimum atomic E-state index is 0.0419. The third kappa shape index (κ3) is 24.6. The van der Waals surface area contributed by atoms with E-state index in [4.69, 9.17) is 13.1 Å². The van der Waals surface area contributed by atoms with Crippen molar-refractivity contribution in [1.82, 2.24) is 9.13 Å². The lowest BCUT2D eigenvalue weighted by molar-refractivity contribution is 0.530. The van der Waals surface area contributed by atoms with E-state index in [2.05, 4.69) is 145 Å². The molecule has 0 aliphatic carbocycles. The van der Waals surface area contributed by atoms with E-state index in [9.17, 15) is 10.5 Å². The maximum atomic E-state index is 11.2. The van der Waals surface area contributed by atoms with Crippen LogP contribution in [0.1, 0.15) is 332 Å². The second kappa shape index (κ2) is 46.8. The summed E-state index contributed by atoms with van der Waals surface area (Å²) in [5, 5.41) is 26.7. The second-order valence-corrected chi connectivity index (χ2v) is 34.3. The summed E-state index contributed by atoms with van der Waals surface area (Å²) >= 11 is 7.82. The van der Waals surface area contributed by atoms with E-state index in [-0.39, 0.29) is 11.4 Å². The third-order valence-corrected chi connectivity index (χ3v) is 26.5. The molecule has 0 bridgehead atoms. The number of nitrogens with zero attached hydrogens (tertiary/aromatic N) is 6. The molecule has 0 amide bonds. The van der Waals surface area contributed by atoms with Gasteiger partial charge >= 0.3 is 0 Å². The van der Waals surface area contributed by atoms with Crippen LogP contribution >= 0.6 is 45.3 Å². The lowest BCUT2D eigenvalue weighted by Crippen LogP contribution is -2.17. The fourth-order valence-corrected chi connectivity index (χ4v) is 20.2. The van der Waals surface area contributed by atoms with Crippen molar-refractivity contribution in [3.05, 3.63) is 138 Å². The molecule has 6 aromatic heterocycles. The molecule has 0 N–H and O–H groups in total. The Morgan fingerprint density at radius 1 is 0.353 bits per heavy atom. The molecule has 0 spiro atoms. The van der Waals surface area contributed by atoms with Crippen molar-refractivity contribution in [2.45, 2.75) is 350 Å². The van der Waals surface area contributed by atoms with Crippen LogP contribution in [0.25, 0.3) is 82.6 Å². The zero-order valence-electron chi connectivity index (χ0n) is 64.2. The van der Waals surface area contributed by atoms with E-state index in [0.717, 1.165) is 101 Å². The first-order chi connectivity index (χ1) is 50.2.